The number of rotatable bonds is 2. The predicted molar refractivity (Wildman–Crippen MR) is 113 cm³/mol. The monoisotopic (exact) mass is 584 g/mol. The molecule has 0 radical (unpaired) electrons. The van der Waals surface area contributed by atoms with Gasteiger partial charge in [-0.05, 0) is 12.3 Å². The molecule has 0 heterocycles. The maximum absolute atomic E-state index is 3.61. The van der Waals surface area contributed by atoms with Gasteiger partial charge in [0.2, 0.25) is 0 Å². The van der Waals surface area contributed by atoms with E-state index in [1.807, 2.05) is 6.07 Å². The second kappa shape index (κ2) is 12.2. The summed E-state index contributed by atoms with van der Waals surface area (Å²) in [5.74, 6) is 0.416. The van der Waals surface area contributed by atoms with Crippen molar-refractivity contribution in [3.05, 3.63) is 127 Å². The molecule has 0 saturated heterocycles. The molecule has 0 atom stereocenters. The Morgan fingerprint density at radius 3 is 2.10 bits per heavy atom. The van der Waals surface area contributed by atoms with Crippen LogP contribution in [0.15, 0.2) is 91.0 Å². The van der Waals surface area contributed by atoms with Gasteiger partial charge in [0.05, 0.1) is 0 Å². The van der Waals surface area contributed by atoms with Crippen LogP contribution in [0.3, 0.4) is 0 Å². The largest absolute Gasteiger partial charge is 0.175 e. The standard InChI is InChI=1S/C18H13.C7H6.CH3.2ClH.Hf/c1-2-6-13(5-1)14-9-10-18-16(11-14)12-15-7-3-4-8-17(15)18;1-7-5-3-2-4-6-7;;;;/h1-10,13H,12H2;1-6H;1H3;2*1H;/q-1;;-1;;;+2/p-2. The minimum Gasteiger partial charge on any atom is -0.175 e. The molecule has 0 unspecified atom stereocenters. The van der Waals surface area contributed by atoms with Gasteiger partial charge in [-0.3, -0.25) is 0 Å². The summed E-state index contributed by atoms with van der Waals surface area (Å²) in [4.78, 5) is 0. The van der Waals surface area contributed by atoms with E-state index in [4.69, 9.17) is 0 Å². The first-order valence-corrected chi connectivity index (χ1v) is 11.0. The summed E-state index contributed by atoms with van der Waals surface area (Å²) in [5, 5.41) is 0. The molecule has 0 saturated carbocycles. The van der Waals surface area contributed by atoms with Crippen LogP contribution in [0.5, 0.6) is 0 Å². The van der Waals surface area contributed by atoms with Gasteiger partial charge in [-0.25, -0.2) is 0 Å². The zero-order chi connectivity index (χ0) is 17.8. The SMILES string of the molecule is [CH3-].[Cl-].[Cl-].[Hf+2]=[CH]c1ccccc1.[c-]1c(C2C=CC=C2)ccc2c1Cc1ccccc1-2. The molecule has 3 heteroatoms. The van der Waals surface area contributed by atoms with Crippen molar-refractivity contribution in [2.45, 2.75) is 12.3 Å². The summed E-state index contributed by atoms with van der Waals surface area (Å²) in [6, 6.07) is 27.1. The molecule has 3 aromatic rings. The molecule has 29 heavy (non-hydrogen) atoms. The van der Waals surface area contributed by atoms with Crippen molar-refractivity contribution in [1.29, 1.82) is 0 Å². The van der Waals surface area contributed by atoms with Gasteiger partial charge in [0.15, 0.2) is 0 Å². The normalized spacial score (nSPS) is 12.3. The van der Waals surface area contributed by atoms with Crippen LogP contribution in [0.25, 0.3) is 11.1 Å². The van der Waals surface area contributed by atoms with Gasteiger partial charge in [0.1, 0.15) is 0 Å². The first-order chi connectivity index (χ1) is 12.8. The maximum Gasteiger partial charge on any atom is -0.00217 e. The minimum absolute atomic E-state index is 0. The molecule has 0 nitrogen and oxygen atoms in total. The molecule has 0 fully saturated rings. The average molecular weight is 584 g/mol. The van der Waals surface area contributed by atoms with Crippen molar-refractivity contribution in [2.24, 2.45) is 0 Å². The fourth-order valence-corrected chi connectivity index (χ4v) is 4.15. The first-order valence-electron chi connectivity index (χ1n) is 8.89. The molecule has 0 aliphatic heterocycles. The summed E-state index contributed by atoms with van der Waals surface area (Å²) >= 11 is 1.15. The number of halogens is 2. The van der Waals surface area contributed by atoms with Crippen LogP contribution < -0.4 is 24.8 Å². The second-order valence-electron chi connectivity index (χ2n) is 6.49. The quantitative estimate of drug-likeness (QED) is 0.232. The van der Waals surface area contributed by atoms with Crippen LogP contribution in [-0.4, -0.2) is 3.76 Å². The van der Waals surface area contributed by atoms with E-state index in [0.29, 0.717) is 5.92 Å². The zero-order valence-electron chi connectivity index (χ0n) is 16.3. The van der Waals surface area contributed by atoms with E-state index in [2.05, 4.69) is 94.8 Å². The molecule has 146 valence electrons. The van der Waals surface area contributed by atoms with E-state index in [1.54, 1.807) is 0 Å². The third-order valence-corrected chi connectivity index (χ3v) is 6.00. The topological polar surface area (TPSA) is 0 Å². The summed E-state index contributed by atoms with van der Waals surface area (Å²) in [7, 11) is 0. The van der Waals surface area contributed by atoms with Crippen LogP contribution in [0.2, 0.25) is 0 Å². The van der Waals surface area contributed by atoms with E-state index in [0.717, 1.165) is 30.3 Å². The summed E-state index contributed by atoms with van der Waals surface area (Å²) < 4.78 is 2.22. The van der Waals surface area contributed by atoms with E-state index in [-0.39, 0.29) is 32.2 Å². The van der Waals surface area contributed by atoms with Crippen molar-refractivity contribution in [2.75, 3.05) is 0 Å². The summed E-state index contributed by atoms with van der Waals surface area (Å²) in [6.07, 6.45) is 9.70. The van der Waals surface area contributed by atoms with Gasteiger partial charge in [0, 0.05) is 0 Å². The number of benzene rings is 3. The van der Waals surface area contributed by atoms with Crippen LogP contribution >= 0.6 is 0 Å². The van der Waals surface area contributed by atoms with Gasteiger partial charge in [-0.1, -0.05) is 59.7 Å². The third-order valence-electron chi connectivity index (χ3n) is 4.80. The van der Waals surface area contributed by atoms with E-state index in [9.17, 15) is 0 Å². The van der Waals surface area contributed by atoms with Crippen molar-refractivity contribution in [3.8, 4) is 11.1 Å². The van der Waals surface area contributed by atoms with Crippen molar-refractivity contribution < 1.29 is 48.7 Å². The number of hydrogen-bond acceptors (Lipinski definition) is 0. The van der Waals surface area contributed by atoms with Gasteiger partial charge < -0.3 is 32.2 Å². The Balaban J connectivity index is 0.000000332. The Morgan fingerprint density at radius 2 is 1.45 bits per heavy atom. The van der Waals surface area contributed by atoms with Gasteiger partial charge >= 0.3 is 63.5 Å². The molecule has 3 aromatic carbocycles. The van der Waals surface area contributed by atoms with Gasteiger partial charge in [0.25, 0.3) is 0 Å². The molecule has 0 bridgehead atoms. The fraction of sp³-hybridized carbons (Fsp3) is 0.0769. The molecule has 2 aliphatic rings. The Kier molecular flexibility index (Phi) is 10.7. The van der Waals surface area contributed by atoms with E-state index < -0.39 is 0 Å². The average Bonchev–Trinajstić information content (AvgIpc) is 3.36. The second-order valence-corrected chi connectivity index (χ2v) is 7.53. The number of hydrogen-bond donors (Lipinski definition) is 0. The summed E-state index contributed by atoms with van der Waals surface area (Å²) in [6.45, 7) is 0. The fourth-order valence-electron chi connectivity index (χ4n) is 3.46. The van der Waals surface area contributed by atoms with Gasteiger partial charge in [-0.15, -0.1) is 11.1 Å². The molecule has 0 spiro atoms. The maximum atomic E-state index is 3.61. The molecule has 0 N–H and O–H groups in total. The van der Waals surface area contributed by atoms with Gasteiger partial charge in [-0.2, -0.15) is 23.8 Å². The smallest absolute Gasteiger partial charge is 0.00217 e. The van der Waals surface area contributed by atoms with Crippen LogP contribution in [-0.2, 0) is 30.3 Å². The van der Waals surface area contributed by atoms with E-state index >= 15 is 0 Å². The van der Waals surface area contributed by atoms with E-state index in [1.165, 1.54) is 33.4 Å². The Bertz CT molecular complexity index is 979. The zero-order valence-corrected chi connectivity index (χ0v) is 21.4. The number of fused-ring (bicyclic) bond motifs is 3. The van der Waals surface area contributed by atoms with Crippen LogP contribution in [0.1, 0.15) is 28.2 Å². The minimum atomic E-state index is 0. The van der Waals surface area contributed by atoms with Crippen molar-refractivity contribution in [1.82, 2.24) is 0 Å². The number of allylic oxidation sites excluding steroid dienone is 4. The Labute approximate surface area is 201 Å². The molecule has 2 aliphatic carbocycles. The molecular weight excluding hydrogens is 562 g/mol. The predicted octanol–water partition coefficient (Wildman–Crippen LogP) is 0.110. The van der Waals surface area contributed by atoms with Crippen LogP contribution in [0, 0.1) is 13.5 Å². The van der Waals surface area contributed by atoms with Crippen molar-refractivity contribution in [3.63, 3.8) is 0 Å². The summed E-state index contributed by atoms with van der Waals surface area (Å²) in [5.41, 5.74) is 8.15. The Morgan fingerprint density at radius 1 is 0.793 bits per heavy atom. The Hall–Kier alpha value is -1.54. The third kappa shape index (κ3) is 5.98. The molecule has 5 rings (SSSR count). The van der Waals surface area contributed by atoms with Crippen molar-refractivity contribution >= 4 is 3.76 Å². The molecule has 0 amide bonds. The molecular formula is C26H22Cl2Hf-2. The van der Waals surface area contributed by atoms with Crippen LogP contribution in [0.4, 0.5) is 0 Å². The molecule has 0 aromatic heterocycles. The first kappa shape index (κ1) is 25.5.